The number of aromatic nitrogens is 1. The third-order valence-electron chi connectivity index (χ3n) is 5.37. The molecule has 0 aromatic carbocycles. The lowest BCUT2D eigenvalue weighted by atomic mass is 9.93. The molecular weight excluding hydrogens is 342 g/mol. The summed E-state index contributed by atoms with van der Waals surface area (Å²) in [6, 6.07) is 0. The maximum absolute atomic E-state index is 5.67. The molecule has 0 atom stereocenters. The van der Waals surface area contributed by atoms with Crippen molar-refractivity contribution < 1.29 is 0 Å². The lowest BCUT2D eigenvalue weighted by Gasteiger charge is -2.31. The zero-order valence-corrected chi connectivity index (χ0v) is 16.3. The minimum Gasteiger partial charge on any atom is -0.329 e. The molecule has 2 N–H and O–H groups in total. The van der Waals surface area contributed by atoms with Crippen LogP contribution in [-0.2, 0) is 6.42 Å². The van der Waals surface area contributed by atoms with E-state index >= 15 is 0 Å². The van der Waals surface area contributed by atoms with Gasteiger partial charge in [0.1, 0.15) is 5.84 Å². The Morgan fingerprint density at radius 3 is 2.85 bits per heavy atom. The highest BCUT2D eigenvalue weighted by Crippen LogP contribution is 2.29. The van der Waals surface area contributed by atoms with Gasteiger partial charge in [0.05, 0.1) is 22.1 Å². The van der Waals surface area contributed by atoms with Gasteiger partial charge >= 0.3 is 0 Å². The number of hydrogen-bond acceptors (Lipinski definition) is 6. The predicted molar refractivity (Wildman–Crippen MR) is 109 cm³/mol. The van der Waals surface area contributed by atoms with Crippen molar-refractivity contribution in [1.82, 2.24) is 9.88 Å². The fraction of sp³-hybridized carbons (Fsp3) is 0.550. The van der Waals surface area contributed by atoms with Crippen molar-refractivity contribution in [3.05, 3.63) is 39.5 Å². The average Bonchev–Trinajstić information content (AvgIpc) is 3.23. The summed E-state index contributed by atoms with van der Waals surface area (Å²) in [6.07, 6.45) is 9.63. The fourth-order valence-electron chi connectivity index (χ4n) is 3.99. The highest BCUT2D eigenvalue weighted by atomic mass is 32.1. The number of thiazole rings is 1. The molecule has 0 amide bonds. The van der Waals surface area contributed by atoms with Gasteiger partial charge in [0.15, 0.2) is 0 Å². The molecule has 0 radical (unpaired) electrons. The molecule has 4 rings (SSSR count). The van der Waals surface area contributed by atoms with Crippen molar-refractivity contribution in [1.29, 1.82) is 0 Å². The monoisotopic (exact) mass is 369 g/mol. The number of likely N-dealkylation sites (tertiary alicyclic amines) is 1. The molecule has 5 nitrogen and oxygen atoms in total. The summed E-state index contributed by atoms with van der Waals surface area (Å²) in [6.45, 7) is 6.15. The molecule has 1 aromatic heterocycles. The van der Waals surface area contributed by atoms with E-state index in [1.807, 2.05) is 0 Å². The summed E-state index contributed by atoms with van der Waals surface area (Å²) >= 11 is 1.71. The van der Waals surface area contributed by atoms with Gasteiger partial charge in [0.25, 0.3) is 0 Å². The zero-order valence-electron chi connectivity index (χ0n) is 15.4. The molecule has 1 aliphatic carbocycles. The lowest BCUT2D eigenvalue weighted by Crippen LogP contribution is -2.37. The van der Waals surface area contributed by atoms with Crippen LogP contribution in [0.25, 0.3) is 0 Å². The van der Waals surface area contributed by atoms with E-state index < -0.39 is 0 Å². The minimum absolute atomic E-state index is 0.700. The fourth-order valence-corrected chi connectivity index (χ4v) is 4.60. The Morgan fingerprint density at radius 2 is 2.12 bits per heavy atom. The van der Waals surface area contributed by atoms with Gasteiger partial charge in [-0.2, -0.15) is 0 Å². The first-order valence-corrected chi connectivity index (χ1v) is 10.5. The van der Waals surface area contributed by atoms with Crippen LogP contribution < -0.4 is 5.73 Å². The van der Waals surface area contributed by atoms with Gasteiger partial charge in [0, 0.05) is 37.7 Å². The number of hydrogen-bond donors (Lipinski definition) is 1. The van der Waals surface area contributed by atoms with E-state index in [1.165, 1.54) is 18.4 Å². The van der Waals surface area contributed by atoms with Crippen LogP contribution in [0.15, 0.2) is 38.8 Å². The molecule has 26 heavy (non-hydrogen) atoms. The van der Waals surface area contributed by atoms with Gasteiger partial charge in [-0.15, -0.1) is 11.3 Å². The van der Waals surface area contributed by atoms with E-state index in [4.69, 9.17) is 15.7 Å². The topological polar surface area (TPSA) is 66.9 Å². The van der Waals surface area contributed by atoms with Gasteiger partial charge in [0.2, 0.25) is 0 Å². The molecule has 0 bridgehead atoms. The summed E-state index contributed by atoms with van der Waals surface area (Å²) in [4.78, 5) is 16.9. The Labute approximate surface area is 159 Å². The van der Waals surface area contributed by atoms with Crippen LogP contribution in [-0.4, -0.2) is 47.6 Å². The first kappa shape index (κ1) is 17.8. The van der Waals surface area contributed by atoms with Gasteiger partial charge in [-0.3, -0.25) is 0 Å². The molecule has 0 unspecified atom stereocenters. The Balaban J connectivity index is 1.42. The normalized spacial score (nSPS) is 21.2. The van der Waals surface area contributed by atoms with Gasteiger partial charge in [-0.25, -0.2) is 15.0 Å². The third-order valence-corrected chi connectivity index (χ3v) is 6.20. The largest absolute Gasteiger partial charge is 0.329 e. The van der Waals surface area contributed by atoms with Gasteiger partial charge in [-0.1, -0.05) is 12.2 Å². The molecule has 0 spiro atoms. The second-order valence-electron chi connectivity index (χ2n) is 7.38. The van der Waals surface area contributed by atoms with Crippen molar-refractivity contribution in [3.8, 4) is 0 Å². The number of nitrogens with two attached hydrogens (primary N) is 1. The number of amidine groups is 1. The van der Waals surface area contributed by atoms with Gasteiger partial charge in [-0.05, 0) is 44.3 Å². The Bertz CT molecular complexity index is 778. The first-order valence-electron chi connectivity index (χ1n) is 9.60. The average molecular weight is 370 g/mol. The van der Waals surface area contributed by atoms with Crippen molar-refractivity contribution in [3.63, 3.8) is 0 Å². The van der Waals surface area contributed by atoms with E-state index in [-0.39, 0.29) is 0 Å². The quantitative estimate of drug-likeness (QED) is 0.838. The maximum atomic E-state index is 5.67. The van der Waals surface area contributed by atoms with Crippen molar-refractivity contribution in [2.24, 2.45) is 21.6 Å². The number of allylic oxidation sites excluding steroid dienone is 4. The second-order valence-corrected chi connectivity index (χ2v) is 8.44. The molecule has 1 saturated heterocycles. The van der Waals surface area contributed by atoms with Crippen LogP contribution in [0.1, 0.15) is 36.4 Å². The summed E-state index contributed by atoms with van der Waals surface area (Å²) in [5.41, 5.74) is 10.3. The summed E-state index contributed by atoms with van der Waals surface area (Å²) in [5, 5.41) is 3.27. The van der Waals surface area contributed by atoms with Crippen LogP contribution >= 0.6 is 11.3 Å². The van der Waals surface area contributed by atoms with E-state index in [0.717, 1.165) is 73.4 Å². The van der Waals surface area contributed by atoms with E-state index in [1.54, 1.807) is 11.3 Å². The van der Waals surface area contributed by atoms with Crippen LogP contribution in [0.3, 0.4) is 0 Å². The minimum atomic E-state index is 0.700. The first-order chi connectivity index (χ1) is 12.7. The van der Waals surface area contributed by atoms with Crippen LogP contribution in [0.4, 0.5) is 0 Å². The summed E-state index contributed by atoms with van der Waals surface area (Å²) < 4.78 is 0. The predicted octanol–water partition coefficient (Wildman–Crippen LogP) is 3.12. The smallest absolute Gasteiger partial charge is 0.129 e. The molecule has 6 heteroatoms. The molecule has 1 aromatic rings. The number of aliphatic imine (C=N–C) groups is 2. The van der Waals surface area contributed by atoms with Crippen molar-refractivity contribution in [2.75, 3.05) is 26.2 Å². The Morgan fingerprint density at radius 1 is 1.27 bits per heavy atom. The second kappa shape index (κ2) is 7.94. The molecule has 0 saturated carbocycles. The molecule has 3 aliphatic rings. The molecule has 2 aliphatic heterocycles. The SMILES string of the molecule is Cc1nc(CC2=C3N=C(CC4CCN(CCN)CC4)N=C3CC=C2)cs1. The van der Waals surface area contributed by atoms with E-state index in [9.17, 15) is 0 Å². The summed E-state index contributed by atoms with van der Waals surface area (Å²) in [5.74, 6) is 1.73. The number of rotatable bonds is 6. The summed E-state index contributed by atoms with van der Waals surface area (Å²) in [7, 11) is 0. The molecule has 1 fully saturated rings. The molecule has 138 valence electrons. The molecular formula is C20H27N5S. The highest BCUT2D eigenvalue weighted by Gasteiger charge is 2.25. The zero-order chi connectivity index (χ0) is 17.9. The third kappa shape index (κ3) is 4.03. The number of aryl methyl sites for hydroxylation is 1. The van der Waals surface area contributed by atoms with Crippen molar-refractivity contribution in [2.45, 2.75) is 39.0 Å². The van der Waals surface area contributed by atoms with E-state index in [0.29, 0.717) is 5.92 Å². The lowest BCUT2D eigenvalue weighted by molar-refractivity contribution is 0.192. The number of piperidine rings is 1. The van der Waals surface area contributed by atoms with Crippen LogP contribution in [0, 0.1) is 12.8 Å². The number of nitrogens with zero attached hydrogens (tertiary/aromatic N) is 4. The van der Waals surface area contributed by atoms with Crippen molar-refractivity contribution >= 4 is 22.9 Å². The molecule has 3 heterocycles. The van der Waals surface area contributed by atoms with Crippen LogP contribution in [0.5, 0.6) is 0 Å². The highest BCUT2D eigenvalue weighted by molar-refractivity contribution is 7.09. The maximum Gasteiger partial charge on any atom is 0.129 e. The number of fused-ring (bicyclic) bond motifs is 1. The van der Waals surface area contributed by atoms with Crippen LogP contribution in [0.2, 0.25) is 0 Å². The standard InChI is InChI=1S/C20H27N5S/c1-14-22-17(13-26-14)12-16-3-2-4-18-20(16)24-19(23-18)11-15-5-8-25(9-6-15)10-7-21/h2-3,13,15H,4-12,21H2,1H3. The Hall–Kier alpha value is -1.63. The Kier molecular flexibility index (Phi) is 5.43. The van der Waals surface area contributed by atoms with Gasteiger partial charge < -0.3 is 10.6 Å². The van der Waals surface area contributed by atoms with E-state index in [2.05, 4.69) is 34.3 Å².